The highest BCUT2D eigenvalue weighted by Gasteiger charge is 2.10. The molecule has 4 nitrogen and oxygen atoms in total. The number of thiazole rings is 1. The van der Waals surface area contributed by atoms with Crippen LogP contribution in [0.2, 0.25) is 0 Å². The Hall–Kier alpha value is -0.590. The van der Waals surface area contributed by atoms with Crippen molar-refractivity contribution >= 4 is 29.1 Å². The van der Waals surface area contributed by atoms with Gasteiger partial charge in [-0.3, -0.25) is 4.79 Å². The van der Waals surface area contributed by atoms with Crippen molar-refractivity contribution in [2.75, 3.05) is 19.5 Å². The maximum atomic E-state index is 10.5. The van der Waals surface area contributed by atoms with Gasteiger partial charge < -0.3 is 9.84 Å². The SMILES string of the molecule is COCCSc1nc(C)c(CC(=O)O)s1. The van der Waals surface area contributed by atoms with Gasteiger partial charge in [0.1, 0.15) is 4.34 Å². The van der Waals surface area contributed by atoms with Gasteiger partial charge in [0.15, 0.2) is 0 Å². The first-order valence-electron chi connectivity index (χ1n) is 4.43. The maximum absolute atomic E-state index is 10.5. The maximum Gasteiger partial charge on any atom is 0.308 e. The Bertz CT molecular complexity index is 338. The number of rotatable bonds is 6. The van der Waals surface area contributed by atoms with Gasteiger partial charge in [-0.15, -0.1) is 11.3 Å². The second-order valence-corrected chi connectivity index (χ2v) is 5.33. The van der Waals surface area contributed by atoms with Crippen LogP contribution in [0.25, 0.3) is 0 Å². The Kier molecular flexibility index (Phi) is 5.07. The van der Waals surface area contributed by atoms with E-state index in [9.17, 15) is 4.79 Å². The summed E-state index contributed by atoms with van der Waals surface area (Å²) in [5.41, 5.74) is 0.822. The predicted molar refractivity (Wildman–Crippen MR) is 60.8 cm³/mol. The van der Waals surface area contributed by atoms with Gasteiger partial charge in [0.2, 0.25) is 0 Å². The van der Waals surface area contributed by atoms with Crippen LogP contribution in [0.5, 0.6) is 0 Å². The molecular weight excluding hydrogens is 234 g/mol. The molecule has 0 atom stereocenters. The highest BCUT2D eigenvalue weighted by Crippen LogP contribution is 2.27. The minimum Gasteiger partial charge on any atom is -0.481 e. The molecule has 0 saturated heterocycles. The summed E-state index contributed by atoms with van der Waals surface area (Å²) in [7, 11) is 1.66. The zero-order valence-corrected chi connectivity index (χ0v) is 10.3. The van der Waals surface area contributed by atoms with Crippen LogP contribution in [0.4, 0.5) is 0 Å². The van der Waals surface area contributed by atoms with Gasteiger partial charge in [0.05, 0.1) is 18.7 Å². The molecule has 1 aromatic rings. The fourth-order valence-electron chi connectivity index (χ4n) is 0.977. The van der Waals surface area contributed by atoms with Gasteiger partial charge in [-0.05, 0) is 6.92 Å². The number of hydrogen-bond acceptors (Lipinski definition) is 5. The van der Waals surface area contributed by atoms with Crippen molar-refractivity contribution in [1.82, 2.24) is 4.98 Å². The number of carbonyl (C=O) groups is 1. The summed E-state index contributed by atoms with van der Waals surface area (Å²) in [6, 6.07) is 0. The topological polar surface area (TPSA) is 59.4 Å². The van der Waals surface area contributed by atoms with Crippen LogP contribution in [0.15, 0.2) is 4.34 Å². The van der Waals surface area contributed by atoms with Crippen molar-refractivity contribution in [3.8, 4) is 0 Å². The molecule has 84 valence electrons. The van der Waals surface area contributed by atoms with E-state index in [2.05, 4.69) is 4.98 Å². The van der Waals surface area contributed by atoms with Gasteiger partial charge in [0, 0.05) is 17.7 Å². The summed E-state index contributed by atoms with van der Waals surface area (Å²) < 4.78 is 5.84. The highest BCUT2D eigenvalue weighted by atomic mass is 32.2. The van der Waals surface area contributed by atoms with E-state index >= 15 is 0 Å². The van der Waals surface area contributed by atoms with Crippen molar-refractivity contribution < 1.29 is 14.6 Å². The monoisotopic (exact) mass is 247 g/mol. The Morgan fingerprint density at radius 3 is 3.00 bits per heavy atom. The van der Waals surface area contributed by atoms with E-state index in [0.29, 0.717) is 6.61 Å². The first-order valence-corrected chi connectivity index (χ1v) is 6.23. The molecule has 1 heterocycles. The quantitative estimate of drug-likeness (QED) is 0.613. The summed E-state index contributed by atoms with van der Waals surface area (Å²) in [5.74, 6) is 0.0332. The summed E-state index contributed by atoms with van der Waals surface area (Å²) in [4.78, 5) is 15.7. The minimum atomic E-state index is -0.810. The molecule has 0 aliphatic heterocycles. The Labute approximate surface area is 96.7 Å². The van der Waals surface area contributed by atoms with Crippen LogP contribution in [-0.2, 0) is 16.0 Å². The average Bonchev–Trinajstić information content (AvgIpc) is 2.47. The van der Waals surface area contributed by atoms with E-state index in [4.69, 9.17) is 9.84 Å². The smallest absolute Gasteiger partial charge is 0.308 e. The van der Waals surface area contributed by atoms with Gasteiger partial charge in [-0.1, -0.05) is 11.8 Å². The molecule has 15 heavy (non-hydrogen) atoms. The number of carboxylic acid groups (broad SMARTS) is 1. The zero-order valence-electron chi connectivity index (χ0n) is 8.65. The second-order valence-electron chi connectivity index (χ2n) is 2.90. The Morgan fingerprint density at radius 1 is 1.67 bits per heavy atom. The Balaban J connectivity index is 2.56. The first-order chi connectivity index (χ1) is 7.13. The highest BCUT2D eigenvalue weighted by molar-refractivity contribution is 8.01. The van der Waals surface area contributed by atoms with Crippen molar-refractivity contribution in [2.45, 2.75) is 17.7 Å². The molecule has 0 aliphatic rings. The van der Waals surface area contributed by atoms with E-state index in [1.165, 1.54) is 11.3 Å². The van der Waals surface area contributed by atoms with E-state index in [1.807, 2.05) is 6.92 Å². The van der Waals surface area contributed by atoms with Gasteiger partial charge >= 0.3 is 5.97 Å². The van der Waals surface area contributed by atoms with E-state index in [1.54, 1.807) is 18.9 Å². The van der Waals surface area contributed by atoms with Crippen LogP contribution < -0.4 is 0 Å². The third-order valence-corrected chi connectivity index (χ3v) is 3.96. The number of ether oxygens (including phenoxy) is 1. The molecule has 1 rings (SSSR count). The third kappa shape index (κ3) is 4.19. The van der Waals surface area contributed by atoms with Crippen LogP contribution in [-0.4, -0.2) is 35.5 Å². The normalized spacial score (nSPS) is 10.5. The molecule has 0 unspecified atom stereocenters. The number of aliphatic carboxylic acids is 1. The lowest BCUT2D eigenvalue weighted by Gasteiger charge is -1.94. The van der Waals surface area contributed by atoms with Crippen LogP contribution in [0.1, 0.15) is 10.6 Å². The lowest BCUT2D eigenvalue weighted by atomic mass is 10.3. The molecule has 0 radical (unpaired) electrons. The number of carboxylic acids is 1. The fraction of sp³-hybridized carbons (Fsp3) is 0.556. The van der Waals surface area contributed by atoms with Gasteiger partial charge in [-0.25, -0.2) is 4.98 Å². The minimum absolute atomic E-state index is 0.0638. The molecule has 0 amide bonds. The fourth-order valence-corrected chi connectivity index (χ4v) is 3.17. The van der Waals surface area contributed by atoms with Crippen LogP contribution in [0.3, 0.4) is 0 Å². The number of nitrogens with zero attached hydrogens (tertiary/aromatic N) is 1. The van der Waals surface area contributed by atoms with E-state index in [-0.39, 0.29) is 6.42 Å². The standard InChI is InChI=1S/C9H13NO3S2/c1-6-7(5-8(11)12)15-9(10-6)14-4-3-13-2/h3-5H2,1-2H3,(H,11,12). The van der Waals surface area contributed by atoms with Crippen molar-refractivity contribution in [2.24, 2.45) is 0 Å². The molecular formula is C9H13NO3S2. The molecule has 0 bridgehead atoms. The molecule has 6 heteroatoms. The summed E-state index contributed by atoms with van der Waals surface area (Å²) in [5, 5.41) is 8.67. The number of methoxy groups -OCH3 is 1. The largest absolute Gasteiger partial charge is 0.481 e. The predicted octanol–water partition coefficient (Wildman–Crippen LogP) is 1.82. The van der Waals surface area contributed by atoms with Crippen LogP contribution >= 0.6 is 23.1 Å². The Morgan fingerprint density at radius 2 is 2.40 bits per heavy atom. The summed E-state index contributed by atoms with van der Waals surface area (Å²) in [6.07, 6.45) is 0.0638. The molecule has 0 saturated carbocycles. The average molecular weight is 247 g/mol. The summed E-state index contributed by atoms with van der Waals surface area (Å²) in [6.45, 7) is 2.52. The third-order valence-electron chi connectivity index (χ3n) is 1.70. The molecule has 0 spiro atoms. The van der Waals surface area contributed by atoms with Gasteiger partial charge in [-0.2, -0.15) is 0 Å². The first kappa shape index (κ1) is 12.5. The van der Waals surface area contributed by atoms with Gasteiger partial charge in [0.25, 0.3) is 0 Å². The van der Waals surface area contributed by atoms with E-state index < -0.39 is 5.97 Å². The lowest BCUT2D eigenvalue weighted by Crippen LogP contribution is -1.99. The van der Waals surface area contributed by atoms with E-state index in [0.717, 1.165) is 20.7 Å². The zero-order chi connectivity index (χ0) is 11.3. The number of thioether (sulfide) groups is 1. The molecule has 1 aromatic heterocycles. The number of aromatic nitrogens is 1. The molecule has 0 aliphatic carbocycles. The molecule has 0 fully saturated rings. The molecule has 1 N–H and O–H groups in total. The lowest BCUT2D eigenvalue weighted by molar-refractivity contribution is -0.136. The van der Waals surface area contributed by atoms with Crippen molar-refractivity contribution in [3.05, 3.63) is 10.6 Å². The molecule has 0 aromatic carbocycles. The number of hydrogen-bond donors (Lipinski definition) is 1. The van der Waals surface area contributed by atoms with Crippen molar-refractivity contribution in [3.63, 3.8) is 0 Å². The number of aryl methyl sites for hydroxylation is 1. The summed E-state index contributed by atoms with van der Waals surface area (Å²) >= 11 is 3.05. The van der Waals surface area contributed by atoms with Crippen molar-refractivity contribution in [1.29, 1.82) is 0 Å². The second kappa shape index (κ2) is 6.09. The van der Waals surface area contributed by atoms with Crippen LogP contribution in [0, 0.1) is 6.92 Å².